The van der Waals surface area contributed by atoms with Gasteiger partial charge >= 0.3 is 0 Å². The topological polar surface area (TPSA) is 71.8 Å². The highest BCUT2D eigenvalue weighted by atomic mass is 16.2. The molecule has 0 radical (unpaired) electrons. The smallest absolute Gasteiger partial charge is 0.235 e. The number of amides is 1. The first-order chi connectivity index (χ1) is 14.6. The van der Waals surface area contributed by atoms with Gasteiger partial charge in [-0.2, -0.15) is 10.1 Å². The van der Waals surface area contributed by atoms with Crippen LogP contribution in [-0.2, 0) is 4.79 Å². The van der Waals surface area contributed by atoms with Crippen LogP contribution in [0, 0.1) is 12.8 Å². The Morgan fingerprint density at radius 2 is 1.83 bits per heavy atom. The molecule has 0 bridgehead atoms. The molecule has 30 heavy (non-hydrogen) atoms. The zero-order valence-corrected chi connectivity index (χ0v) is 16.5. The molecule has 0 saturated heterocycles. The molecule has 1 aliphatic rings. The largest absolute Gasteiger partial charge is 0.328 e. The summed E-state index contributed by atoms with van der Waals surface area (Å²) in [5, 5.41) is 12.9. The van der Waals surface area contributed by atoms with Gasteiger partial charge in [0.05, 0.1) is 6.04 Å². The van der Waals surface area contributed by atoms with Crippen molar-refractivity contribution in [2.45, 2.75) is 13.0 Å². The number of fused-ring (bicyclic) bond motifs is 2. The first-order valence-electron chi connectivity index (χ1n) is 9.83. The predicted octanol–water partition coefficient (Wildman–Crippen LogP) is 4.52. The van der Waals surface area contributed by atoms with Crippen molar-refractivity contribution >= 4 is 28.3 Å². The molecule has 0 spiro atoms. The van der Waals surface area contributed by atoms with Crippen LogP contribution < -0.4 is 10.6 Å². The Bertz CT molecular complexity index is 1270. The van der Waals surface area contributed by atoms with Gasteiger partial charge in [-0.1, -0.05) is 67.2 Å². The van der Waals surface area contributed by atoms with Gasteiger partial charge in [0.1, 0.15) is 12.2 Å². The van der Waals surface area contributed by atoms with Crippen molar-refractivity contribution in [3.05, 3.63) is 96.5 Å². The summed E-state index contributed by atoms with van der Waals surface area (Å²) < 4.78 is 1.78. The fourth-order valence-corrected chi connectivity index (χ4v) is 4.14. The number of para-hydroxylation sites is 1. The second-order valence-electron chi connectivity index (χ2n) is 7.47. The van der Waals surface area contributed by atoms with Crippen LogP contribution in [0.5, 0.6) is 0 Å². The molecule has 0 fully saturated rings. The molecular formula is C24H21N5O. The van der Waals surface area contributed by atoms with E-state index in [0.717, 1.165) is 27.6 Å². The van der Waals surface area contributed by atoms with Crippen LogP contribution in [0.3, 0.4) is 0 Å². The second kappa shape index (κ2) is 7.15. The van der Waals surface area contributed by atoms with Crippen LogP contribution in [0.4, 0.5) is 11.6 Å². The highest BCUT2D eigenvalue weighted by Gasteiger charge is 2.40. The Labute approximate surface area is 174 Å². The van der Waals surface area contributed by atoms with Crippen LogP contribution in [0.25, 0.3) is 10.8 Å². The van der Waals surface area contributed by atoms with Crippen molar-refractivity contribution in [1.82, 2.24) is 14.8 Å². The predicted molar refractivity (Wildman–Crippen MR) is 118 cm³/mol. The molecule has 0 saturated carbocycles. The molecule has 0 aliphatic carbocycles. The summed E-state index contributed by atoms with van der Waals surface area (Å²) in [6.07, 6.45) is 1.50. The zero-order chi connectivity index (χ0) is 20.7. The van der Waals surface area contributed by atoms with E-state index in [1.165, 1.54) is 6.33 Å². The van der Waals surface area contributed by atoms with Gasteiger partial charge in [-0.3, -0.25) is 4.79 Å². The fraction of sp³-hybridized carbons (Fsp3) is 0.125. The Kier molecular flexibility index (Phi) is 4.32. The monoisotopic (exact) mass is 395 g/mol. The molecule has 2 atom stereocenters. The van der Waals surface area contributed by atoms with Crippen molar-refractivity contribution < 1.29 is 4.79 Å². The van der Waals surface area contributed by atoms with Crippen LogP contribution in [-0.4, -0.2) is 20.7 Å². The molecule has 148 valence electrons. The molecule has 0 unspecified atom stereocenters. The van der Waals surface area contributed by atoms with E-state index in [1.54, 1.807) is 4.68 Å². The van der Waals surface area contributed by atoms with E-state index in [4.69, 9.17) is 0 Å². The summed E-state index contributed by atoms with van der Waals surface area (Å²) in [6.45, 7) is 6.14. The lowest BCUT2D eigenvalue weighted by molar-refractivity contribution is -0.119. The molecule has 1 amide bonds. The Balaban J connectivity index is 1.64. The van der Waals surface area contributed by atoms with Gasteiger partial charge in [-0.15, -0.1) is 0 Å². The van der Waals surface area contributed by atoms with E-state index in [9.17, 15) is 4.79 Å². The van der Waals surface area contributed by atoms with Gasteiger partial charge in [0.25, 0.3) is 0 Å². The number of nitrogens with one attached hydrogen (secondary N) is 2. The number of carbonyl (C=O) groups excluding carboxylic acids is 1. The van der Waals surface area contributed by atoms with E-state index < -0.39 is 5.92 Å². The third-order valence-electron chi connectivity index (χ3n) is 5.63. The Morgan fingerprint density at radius 1 is 1.07 bits per heavy atom. The third-order valence-corrected chi connectivity index (χ3v) is 5.63. The summed E-state index contributed by atoms with van der Waals surface area (Å²) >= 11 is 0. The minimum absolute atomic E-state index is 0.138. The normalized spacial score (nSPS) is 18.0. The molecule has 1 aromatic heterocycles. The lowest BCUT2D eigenvalue weighted by Gasteiger charge is -2.34. The third kappa shape index (κ3) is 2.93. The first kappa shape index (κ1) is 18.1. The van der Waals surface area contributed by atoms with Gasteiger partial charge < -0.3 is 10.6 Å². The molecule has 1 aliphatic heterocycles. The van der Waals surface area contributed by atoms with Gasteiger partial charge in [-0.25, -0.2) is 4.68 Å². The summed E-state index contributed by atoms with van der Waals surface area (Å²) in [5.41, 5.74) is 3.40. The number of hydrogen-bond donors (Lipinski definition) is 2. The lowest BCUT2D eigenvalue weighted by Crippen LogP contribution is -2.39. The van der Waals surface area contributed by atoms with E-state index in [1.807, 2.05) is 55.5 Å². The maximum Gasteiger partial charge on any atom is 0.235 e. The molecule has 2 N–H and O–H groups in total. The Hall–Kier alpha value is -3.93. The molecule has 2 heterocycles. The molecule has 3 aromatic carbocycles. The number of hydrogen-bond acceptors (Lipinski definition) is 4. The summed E-state index contributed by atoms with van der Waals surface area (Å²) in [5.74, 6) is -0.122. The second-order valence-corrected chi connectivity index (χ2v) is 7.47. The average Bonchev–Trinajstić information content (AvgIpc) is 3.22. The summed E-state index contributed by atoms with van der Waals surface area (Å²) in [4.78, 5) is 17.8. The van der Waals surface area contributed by atoms with E-state index in [0.29, 0.717) is 11.6 Å². The molecule has 5 rings (SSSR count). The number of aromatic nitrogens is 3. The fourth-order valence-electron chi connectivity index (χ4n) is 4.14. The van der Waals surface area contributed by atoms with Crippen molar-refractivity contribution in [2.75, 3.05) is 10.6 Å². The molecule has 6 heteroatoms. The standard InChI is InChI=1S/C24H21N5O/c1-15-8-3-6-13-20(15)28-23(30)21-16(2)27-24-25-14-26-29(24)22(21)19-12-7-10-17-9-4-5-11-18(17)19/h3-14,21-22H,2H2,1H3,(H,28,30)(H,25,26,27)/t21-,22-/m1/s1. The van der Waals surface area contributed by atoms with Gasteiger partial charge in [0.15, 0.2) is 0 Å². The zero-order valence-electron chi connectivity index (χ0n) is 16.5. The minimum atomic E-state index is -0.565. The number of anilines is 2. The molecular weight excluding hydrogens is 374 g/mol. The number of rotatable bonds is 3. The number of benzene rings is 3. The molecule has 6 nitrogen and oxygen atoms in total. The van der Waals surface area contributed by atoms with Crippen LogP contribution >= 0.6 is 0 Å². The summed E-state index contributed by atoms with van der Waals surface area (Å²) in [6, 6.07) is 21.7. The van der Waals surface area contributed by atoms with Crippen LogP contribution in [0.15, 0.2) is 85.3 Å². The number of carbonyl (C=O) groups is 1. The van der Waals surface area contributed by atoms with Gasteiger partial charge in [0.2, 0.25) is 11.9 Å². The van der Waals surface area contributed by atoms with Crippen molar-refractivity contribution in [3.8, 4) is 0 Å². The van der Waals surface area contributed by atoms with Crippen LogP contribution in [0.2, 0.25) is 0 Å². The van der Waals surface area contributed by atoms with Crippen molar-refractivity contribution in [1.29, 1.82) is 0 Å². The highest BCUT2D eigenvalue weighted by molar-refractivity contribution is 5.97. The van der Waals surface area contributed by atoms with Crippen molar-refractivity contribution in [3.63, 3.8) is 0 Å². The Morgan fingerprint density at radius 3 is 2.70 bits per heavy atom. The van der Waals surface area contributed by atoms with Crippen LogP contribution in [0.1, 0.15) is 17.2 Å². The minimum Gasteiger partial charge on any atom is -0.328 e. The van der Waals surface area contributed by atoms with Crippen molar-refractivity contribution in [2.24, 2.45) is 5.92 Å². The maximum atomic E-state index is 13.5. The van der Waals surface area contributed by atoms with Gasteiger partial charge in [0, 0.05) is 11.4 Å². The quantitative estimate of drug-likeness (QED) is 0.535. The average molecular weight is 395 g/mol. The molecule has 4 aromatic rings. The maximum absolute atomic E-state index is 13.5. The van der Waals surface area contributed by atoms with Gasteiger partial charge in [-0.05, 0) is 34.9 Å². The lowest BCUT2D eigenvalue weighted by atomic mass is 9.86. The first-order valence-corrected chi connectivity index (χ1v) is 9.83. The highest BCUT2D eigenvalue weighted by Crippen LogP contribution is 2.40. The SMILES string of the molecule is C=C1Nc2ncnn2[C@H](c2cccc3ccccc23)[C@@H]1C(=O)Nc1ccccc1C. The number of nitrogens with zero attached hydrogens (tertiary/aromatic N) is 3. The summed E-state index contributed by atoms with van der Waals surface area (Å²) in [7, 11) is 0. The number of aryl methyl sites for hydroxylation is 1. The van der Waals surface area contributed by atoms with E-state index in [-0.39, 0.29) is 11.9 Å². The van der Waals surface area contributed by atoms with E-state index in [2.05, 4.69) is 45.5 Å². The van der Waals surface area contributed by atoms with E-state index >= 15 is 0 Å².